The van der Waals surface area contributed by atoms with Crippen molar-refractivity contribution in [2.45, 2.75) is 117 Å². The quantitative estimate of drug-likeness (QED) is 0.292. The van der Waals surface area contributed by atoms with Crippen LogP contribution in [0.2, 0.25) is 18.1 Å². The summed E-state index contributed by atoms with van der Waals surface area (Å²) in [6, 6.07) is 0. The zero-order chi connectivity index (χ0) is 23.0. The Hall–Kier alpha value is -0.453. The summed E-state index contributed by atoms with van der Waals surface area (Å²) in [6.45, 7) is 17.9. The molecular weight excluding hydrogens is 400 g/mol. The van der Waals surface area contributed by atoms with E-state index in [2.05, 4.69) is 53.8 Å². The van der Waals surface area contributed by atoms with Crippen molar-refractivity contribution in [3.8, 4) is 0 Å². The molecule has 3 saturated carbocycles. The smallest absolute Gasteiger partial charge is 0.195 e. The molecule has 0 bridgehead atoms. The van der Waals surface area contributed by atoms with E-state index in [-0.39, 0.29) is 21.8 Å². The fraction of sp³-hybridized carbons (Fsp3) is 0.889. The maximum absolute atomic E-state index is 12.4. The molecule has 0 unspecified atom stereocenters. The van der Waals surface area contributed by atoms with Gasteiger partial charge >= 0.3 is 0 Å². The number of fused-ring (bicyclic) bond motifs is 5. The van der Waals surface area contributed by atoms with Crippen molar-refractivity contribution >= 4 is 14.1 Å². The van der Waals surface area contributed by atoms with Crippen LogP contribution in [0.3, 0.4) is 0 Å². The highest BCUT2D eigenvalue weighted by atomic mass is 28.4. The van der Waals surface area contributed by atoms with Crippen LogP contribution in [0.1, 0.15) is 92.9 Å². The summed E-state index contributed by atoms with van der Waals surface area (Å²) in [5, 5.41) is 11.6. The van der Waals surface area contributed by atoms with Crippen LogP contribution in [0.15, 0.2) is 11.6 Å². The number of ketones is 1. The van der Waals surface area contributed by atoms with Crippen molar-refractivity contribution in [3.05, 3.63) is 11.6 Å². The highest BCUT2D eigenvalue weighted by molar-refractivity contribution is 6.74. The predicted molar refractivity (Wildman–Crippen MR) is 129 cm³/mol. The summed E-state index contributed by atoms with van der Waals surface area (Å²) in [5.74, 6) is 1.74. The minimum absolute atomic E-state index is 0.0963. The van der Waals surface area contributed by atoms with E-state index < -0.39 is 14.1 Å². The second-order valence-electron chi connectivity index (χ2n) is 13.5. The van der Waals surface area contributed by atoms with Gasteiger partial charge in [0.1, 0.15) is 5.78 Å². The van der Waals surface area contributed by atoms with Gasteiger partial charge in [-0.2, -0.15) is 0 Å². The second kappa shape index (κ2) is 7.27. The van der Waals surface area contributed by atoms with Gasteiger partial charge in [-0.25, -0.2) is 0 Å². The van der Waals surface area contributed by atoms with Crippen LogP contribution in [-0.2, 0) is 9.22 Å². The molecule has 4 heteroatoms. The second-order valence-corrected chi connectivity index (χ2v) is 18.3. The molecule has 3 nitrogen and oxygen atoms in total. The lowest BCUT2D eigenvalue weighted by Gasteiger charge is -2.59. The summed E-state index contributed by atoms with van der Waals surface area (Å²) in [5.41, 5.74) is 1.84. The molecule has 31 heavy (non-hydrogen) atoms. The van der Waals surface area contributed by atoms with Gasteiger partial charge in [0.15, 0.2) is 14.1 Å². The van der Waals surface area contributed by atoms with Crippen LogP contribution >= 0.6 is 0 Å². The lowest BCUT2D eigenvalue weighted by molar-refractivity contribution is -0.177. The number of Topliss-reactive ketones (excluding diaryl/α,β-unsaturated/α-hetero) is 1. The molecule has 4 rings (SSSR count). The van der Waals surface area contributed by atoms with Gasteiger partial charge in [0.05, 0.1) is 0 Å². The van der Waals surface area contributed by atoms with Gasteiger partial charge < -0.3 is 9.53 Å². The largest absolute Gasteiger partial charge is 0.390 e. The Bertz CT molecular complexity index is 780. The SMILES string of the molecule is CC(=O)[C@H]1CC[C@H]2[C@@H]3CC=C4C[C@@](O)(O[Si](C)(C)C(C)(C)C)CC[C@]4(C)[C@H]3CC[C@]12C. The van der Waals surface area contributed by atoms with Crippen LogP contribution in [-0.4, -0.2) is 25.0 Å². The summed E-state index contributed by atoms with van der Waals surface area (Å²) < 4.78 is 6.60. The Morgan fingerprint density at radius 2 is 1.77 bits per heavy atom. The van der Waals surface area contributed by atoms with Gasteiger partial charge in [-0.15, -0.1) is 0 Å². The summed E-state index contributed by atoms with van der Waals surface area (Å²) >= 11 is 0. The predicted octanol–water partition coefficient (Wildman–Crippen LogP) is 6.86. The van der Waals surface area contributed by atoms with E-state index in [1.165, 1.54) is 24.8 Å². The number of hydrogen-bond acceptors (Lipinski definition) is 3. The van der Waals surface area contributed by atoms with Gasteiger partial charge in [-0.3, -0.25) is 4.79 Å². The van der Waals surface area contributed by atoms with E-state index in [1.54, 1.807) is 0 Å². The monoisotopic (exact) mass is 446 g/mol. The van der Waals surface area contributed by atoms with E-state index >= 15 is 0 Å². The van der Waals surface area contributed by atoms with E-state index in [0.717, 1.165) is 25.7 Å². The van der Waals surface area contributed by atoms with Crippen LogP contribution in [0.25, 0.3) is 0 Å². The molecule has 0 aromatic heterocycles. The van der Waals surface area contributed by atoms with E-state index in [9.17, 15) is 9.90 Å². The molecular formula is C27H46O3Si. The average molecular weight is 447 g/mol. The van der Waals surface area contributed by atoms with E-state index in [4.69, 9.17) is 4.43 Å². The lowest BCUT2D eigenvalue weighted by atomic mass is 9.47. The first kappa shape index (κ1) is 23.7. The first-order valence-corrected chi connectivity index (χ1v) is 15.7. The lowest BCUT2D eigenvalue weighted by Crippen LogP contribution is -2.56. The maximum Gasteiger partial charge on any atom is 0.195 e. The summed E-state index contributed by atoms with van der Waals surface area (Å²) in [7, 11) is -2.04. The molecule has 7 atom stereocenters. The van der Waals surface area contributed by atoms with Gasteiger partial charge in [0, 0.05) is 18.8 Å². The molecule has 1 N–H and O–H groups in total. The van der Waals surface area contributed by atoms with Crippen LogP contribution < -0.4 is 0 Å². The molecule has 0 aromatic rings. The maximum atomic E-state index is 12.4. The number of allylic oxidation sites excluding steroid dienone is 1. The highest BCUT2D eigenvalue weighted by Gasteiger charge is 2.60. The molecule has 0 radical (unpaired) electrons. The Labute approximate surface area is 191 Å². The highest BCUT2D eigenvalue weighted by Crippen LogP contribution is 2.67. The topological polar surface area (TPSA) is 46.5 Å². The molecule has 0 aliphatic heterocycles. The number of carbonyl (C=O) groups is 1. The minimum Gasteiger partial charge on any atom is -0.390 e. The molecule has 3 fully saturated rings. The average Bonchev–Trinajstić information content (AvgIpc) is 2.98. The fourth-order valence-electron chi connectivity index (χ4n) is 8.00. The zero-order valence-electron chi connectivity index (χ0n) is 21.3. The van der Waals surface area contributed by atoms with Crippen molar-refractivity contribution in [3.63, 3.8) is 0 Å². The van der Waals surface area contributed by atoms with Crippen LogP contribution in [0.5, 0.6) is 0 Å². The van der Waals surface area contributed by atoms with Crippen molar-refractivity contribution in [2.75, 3.05) is 0 Å². The molecule has 176 valence electrons. The Balaban J connectivity index is 1.57. The number of hydrogen-bond donors (Lipinski definition) is 1. The van der Waals surface area contributed by atoms with E-state index in [1.807, 2.05) is 6.92 Å². The van der Waals surface area contributed by atoms with Crippen molar-refractivity contribution in [2.24, 2.45) is 34.5 Å². The van der Waals surface area contributed by atoms with Crippen molar-refractivity contribution in [1.82, 2.24) is 0 Å². The minimum atomic E-state index is -2.04. The van der Waals surface area contributed by atoms with Gasteiger partial charge in [-0.05, 0) is 92.2 Å². The normalized spacial score (nSPS) is 45.4. The van der Waals surface area contributed by atoms with Crippen molar-refractivity contribution < 1.29 is 14.3 Å². The fourth-order valence-corrected chi connectivity index (χ4v) is 9.43. The van der Waals surface area contributed by atoms with Crippen LogP contribution in [0.4, 0.5) is 0 Å². The van der Waals surface area contributed by atoms with Crippen LogP contribution in [0, 0.1) is 34.5 Å². The third kappa shape index (κ3) is 3.63. The standard InChI is InChI=1S/C27H46O3Si/c1-18(28)21-11-12-22-20-10-9-19-17-27(29,30-31(7,8)24(2,3)4)16-15-25(19,5)23(20)13-14-26(21,22)6/h9,20-23,29H,10-17H2,1-8H3/t20-,21+,22-,23-,25-,26+,27-/m0/s1. The van der Waals surface area contributed by atoms with Gasteiger partial charge in [0.2, 0.25) is 0 Å². The summed E-state index contributed by atoms with van der Waals surface area (Å²) in [6.07, 6.45) is 10.8. The van der Waals surface area contributed by atoms with Gasteiger partial charge in [0.25, 0.3) is 0 Å². The van der Waals surface area contributed by atoms with Crippen molar-refractivity contribution in [1.29, 1.82) is 0 Å². The first-order valence-electron chi connectivity index (χ1n) is 12.8. The Morgan fingerprint density at radius 3 is 2.39 bits per heavy atom. The van der Waals surface area contributed by atoms with Gasteiger partial charge in [-0.1, -0.05) is 46.3 Å². The first-order chi connectivity index (χ1) is 14.1. The molecule has 4 aliphatic carbocycles. The number of carbonyl (C=O) groups excluding carboxylic acids is 1. The molecule has 0 heterocycles. The molecule has 4 aliphatic rings. The number of aliphatic hydroxyl groups is 1. The Kier molecular flexibility index (Phi) is 5.56. The number of rotatable bonds is 3. The third-order valence-corrected chi connectivity index (χ3v) is 15.4. The summed E-state index contributed by atoms with van der Waals surface area (Å²) in [4.78, 5) is 12.4. The molecule has 0 amide bonds. The van der Waals surface area contributed by atoms with E-state index in [0.29, 0.717) is 30.0 Å². The molecule has 0 aromatic carbocycles. The zero-order valence-corrected chi connectivity index (χ0v) is 22.3. The molecule has 0 spiro atoms. The third-order valence-electron chi connectivity index (χ3n) is 10.9. The molecule has 0 saturated heterocycles. The Morgan fingerprint density at radius 1 is 1.10 bits per heavy atom.